The van der Waals surface area contributed by atoms with E-state index in [1.165, 1.54) is 19.4 Å². The van der Waals surface area contributed by atoms with Gasteiger partial charge in [0.05, 0.1) is 56.7 Å². The number of nitrogens with zero attached hydrogens (tertiary/aromatic N) is 1. The number of carbonyl (C=O) groups excluding carboxylic acids is 15. The first kappa shape index (κ1) is 104. The minimum absolute atomic E-state index is 0.00423. The average Bonchev–Trinajstić information content (AvgIpc) is 1.16. The van der Waals surface area contributed by atoms with E-state index in [-0.39, 0.29) is 108 Å². The Balaban J connectivity index is 1.79. The van der Waals surface area contributed by atoms with Gasteiger partial charge in [0.2, 0.25) is 88.6 Å². The van der Waals surface area contributed by atoms with Crippen LogP contribution in [0.25, 0.3) is 0 Å². The van der Waals surface area contributed by atoms with E-state index in [0.717, 1.165) is 6.92 Å². The number of nitrogens with two attached hydrogens (primary N) is 4. The molecule has 1 aromatic heterocycles. The second kappa shape index (κ2) is 54.4. The number of nitrogens with one attached hydrogen (secondary N) is 22. The number of guanidine groups is 3. The molecule has 0 saturated carbocycles. The molecule has 1 aromatic carbocycles. The number of H-pyrrole nitrogens is 1. The number of benzene rings is 1. The van der Waals surface area contributed by atoms with E-state index in [9.17, 15) is 102 Å². The molecule has 48 nitrogen and oxygen atoms in total. The van der Waals surface area contributed by atoms with Gasteiger partial charge in [-0.3, -0.25) is 97.7 Å². The van der Waals surface area contributed by atoms with Gasteiger partial charge in [0.1, 0.15) is 72.5 Å². The molecule has 684 valence electrons. The number of aromatic nitrogens is 2. The van der Waals surface area contributed by atoms with Crippen molar-refractivity contribution in [3.8, 4) is 0 Å². The number of hydrogen-bond donors (Lipinski definition) is 30. The number of carboxylic acid groups (broad SMARTS) is 2. The summed E-state index contributed by atoms with van der Waals surface area (Å²) in [4.78, 5) is 239. The maximum absolute atomic E-state index is 14.4. The Morgan fingerprint density at radius 3 is 1.33 bits per heavy atom. The minimum Gasteiger partial charge on any atom is -0.481 e. The third-order valence-electron chi connectivity index (χ3n) is 19.5. The van der Waals surface area contributed by atoms with Crippen LogP contribution in [0.1, 0.15) is 143 Å². The Morgan fingerprint density at radius 2 is 0.878 bits per heavy atom. The molecule has 48 heteroatoms. The number of aliphatic carboxylic acids is 2. The fraction of sp³-hybridized carbons (Fsp3) is 0.613. The molecule has 1 aliphatic rings. The zero-order valence-corrected chi connectivity index (χ0v) is 69.9. The molecule has 1 aliphatic heterocycles. The summed E-state index contributed by atoms with van der Waals surface area (Å²) in [6.45, 7) is 8.47. The van der Waals surface area contributed by atoms with Crippen LogP contribution >= 0.6 is 0 Å². The lowest BCUT2D eigenvalue weighted by molar-refractivity contribution is -0.142. The van der Waals surface area contributed by atoms with Crippen LogP contribution < -0.4 is 119 Å². The second-order valence-electron chi connectivity index (χ2n) is 30.0. The van der Waals surface area contributed by atoms with Crippen molar-refractivity contribution in [1.29, 1.82) is 16.2 Å². The van der Waals surface area contributed by atoms with Gasteiger partial charge >= 0.3 is 11.9 Å². The number of hydrogen-bond acceptors (Lipinski definition) is 24. The number of amides is 15. The van der Waals surface area contributed by atoms with Crippen LogP contribution in [0.3, 0.4) is 0 Å². The molecule has 0 unspecified atom stereocenters. The lowest BCUT2D eigenvalue weighted by Gasteiger charge is -2.29. The molecule has 15 amide bonds. The summed E-state index contributed by atoms with van der Waals surface area (Å²) in [6.07, 6.45) is -0.356. The Kier molecular flexibility index (Phi) is 46.1. The van der Waals surface area contributed by atoms with Gasteiger partial charge in [-0.2, -0.15) is 0 Å². The van der Waals surface area contributed by atoms with E-state index in [4.69, 9.17) is 39.2 Å². The van der Waals surface area contributed by atoms with Crippen LogP contribution in [0.4, 0.5) is 0 Å². The topological polar surface area (TPSA) is 792 Å². The molecular formula is C75H123N27O21. The maximum atomic E-state index is 14.4. The lowest BCUT2D eigenvalue weighted by Crippen LogP contribution is -2.61. The fourth-order valence-electron chi connectivity index (χ4n) is 12.4. The zero-order chi connectivity index (χ0) is 92.2. The molecule has 3 rings (SSSR count). The summed E-state index contributed by atoms with van der Waals surface area (Å²) in [5.74, 6) is -21.9. The highest BCUT2D eigenvalue weighted by atomic mass is 16.4. The van der Waals surface area contributed by atoms with E-state index in [0.29, 0.717) is 24.9 Å². The maximum Gasteiger partial charge on any atom is 0.305 e. The second-order valence-corrected chi connectivity index (χ2v) is 30.0. The predicted octanol–water partition coefficient (Wildman–Crippen LogP) is -9.27. The van der Waals surface area contributed by atoms with Crippen molar-refractivity contribution in [3.63, 3.8) is 0 Å². The van der Waals surface area contributed by atoms with Crippen molar-refractivity contribution in [1.82, 2.24) is 106 Å². The van der Waals surface area contributed by atoms with Crippen molar-refractivity contribution in [2.45, 2.75) is 229 Å². The first-order valence-corrected chi connectivity index (χ1v) is 40.3. The normalized spacial score (nSPS) is 15.9. The van der Waals surface area contributed by atoms with Crippen molar-refractivity contribution in [2.75, 3.05) is 45.9 Å². The molecule has 2 aromatic rings. The Bertz CT molecular complexity index is 3930. The van der Waals surface area contributed by atoms with Crippen molar-refractivity contribution < 1.29 is 102 Å². The number of imidazole rings is 1. The number of aliphatic hydroxyl groups is 2. The summed E-state index contributed by atoms with van der Waals surface area (Å²) in [7, 11) is 0. The van der Waals surface area contributed by atoms with E-state index in [1.54, 1.807) is 65.0 Å². The average molecular weight is 1740 g/mol. The molecule has 16 atom stereocenters. The van der Waals surface area contributed by atoms with Crippen LogP contribution in [-0.4, -0.2) is 279 Å². The van der Waals surface area contributed by atoms with E-state index < -0.39 is 241 Å². The summed E-state index contributed by atoms with van der Waals surface area (Å²) < 4.78 is 0. The Morgan fingerprint density at radius 1 is 0.472 bits per heavy atom. The van der Waals surface area contributed by atoms with Gasteiger partial charge < -0.3 is 144 Å². The summed E-state index contributed by atoms with van der Waals surface area (Å²) in [6, 6.07) is -11.6. The fourth-order valence-corrected chi connectivity index (χ4v) is 12.4. The van der Waals surface area contributed by atoms with Crippen LogP contribution in [0.15, 0.2) is 42.9 Å². The third kappa shape index (κ3) is 39.5. The molecule has 0 aliphatic carbocycles. The van der Waals surface area contributed by atoms with E-state index >= 15 is 0 Å². The van der Waals surface area contributed by atoms with Gasteiger partial charge in [0, 0.05) is 38.7 Å². The van der Waals surface area contributed by atoms with Gasteiger partial charge in [-0.25, -0.2) is 4.98 Å². The number of rotatable bonds is 57. The highest BCUT2D eigenvalue weighted by Crippen LogP contribution is 2.16. The van der Waals surface area contributed by atoms with Crippen molar-refractivity contribution in [2.24, 2.45) is 40.7 Å². The molecule has 1 fully saturated rings. The summed E-state index contributed by atoms with van der Waals surface area (Å²) in [5.41, 5.74) is 22.8. The Hall–Kier alpha value is -12.9. The molecule has 0 spiro atoms. The summed E-state index contributed by atoms with van der Waals surface area (Å²) >= 11 is 0. The van der Waals surface area contributed by atoms with Gasteiger partial charge in [-0.15, -0.1) is 0 Å². The minimum atomic E-state index is -2.08. The standard InChI is InChI=1S/C75H123N27O21/c1-8-38(5)57(70(121)88-33-53(105)91-44(20-14-24-85-73(77)78)62(113)94-47(60(76)111)28-41-17-11-10-12-18-41)101-69(120)52(35-103)99-67(118)50(30-55(107)108)97-65(116)48(27-37(3)4)98-72(123)58(39(6)9-2)100-54(106)34-89-71(122)59(40(7)104)102-68(119)51(31-56(109)110)96-64(115)46(22-16-26-87-75(81)82)93-66(117)49(29-42-32-83-36-90-42)95-63(114)45(21-15-25-86-74(79)80)92-61(112)43-19-13-23-84-43/h10-12,17-18,32,36-40,43-52,57-59,84,103-104H,8-9,13-16,19-31,33-35H2,1-7H3,(H2,76,111)(H,83,90)(H,88,121)(H,89,122)(H,91,105)(H,92,112)(H,93,117)(H,94,113)(H,95,114)(H,96,115)(H,97,116)(H,98,123)(H,99,118)(H,100,106)(H,101,120)(H,102,119)(H,107,108)(H,109,110)(H4,77,78,85)(H4,79,80,86)(H4,81,82,87)/t38-,39-,40+,43-,44-,45-,46-,47-,48-,49-,50-,51-,52-,57-,58-,59-/m0/s1. The number of aromatic amines is 1. The van der Waals surface area contributed by atoms with E-state index in [2.05, 4.69) is 106 Å². The van der Waals surface area contributed by atoms with Gasteiger partial charge in [0.15, 0.2) is 17.9 Å². The largest absolute Gasteiger partial charge is 0.481 e. The molecule has 123 heavy (non-hydrogen) atoms. The first-order chi connectivity index (χ1) is 58.1. The Labute approximate surface area is 709 Å². The van der Waals surface area contributed by atoms with E-state index in [1.807, 2.05) is 0 Å². The number of primary amides is 1. The highest BCUT2D eigenvalue weighted by Gasteiger charge is 2.40. The molecule has 2 heterocycles. The zero-order valence-electron chi connectivity index (χ0n) is 69.9. The van der Waals surface area contributed by atoms with Crippen LogP contribution in [0, 0.1) is 34.0 Å². The number of carboxylic acids is 2. The quantitative estimate of drug-likeness (QED) is 0.0166. The molecule has 34 N–H and O–H groups in total. The molecule has 0 radical (unpaired) electrons. The molecule has 1 saturated heterocycles. The lowest BCUT2D eigenvalue weighted by atomic mass is 9.96. The number of aliphatic hydroxyl groups excluding tert-OH is 2. The van der Waals surface area contributed by atoms with Crippen LogP contribution in [0.5, 0.6) is 0 Å². The van der Waals surface area contributed by atoms with Gasteiger partial charge in [0.25, 0.3) is 0 Å². The summed E-state index contributed by atoms with van der Waals surface area (Å²) in [5, 5.41) is 108. The molecular weight excluding hydrogens is 1610 g/mol. The smallest absolute Gasteiger partial charge is 0.305 e. The third-order valence-corrected chi connectivity index (χ3v) is 19.5. The molecule has 0 bridgehead atoms. The monoisotopic (exact) mass is 1740 g/mol. The SMILES string of the molecule is CC[C@H](C)[C@H](NC(=O)CNC(=O)[C@@H](NC(=O)[C@H](CC(=O)O)NC(=O)[C@H](CCCNC(=N)N)NC(=O)[C@H](Cc1c[nH]cn1)NC(=O)[C@H](CCCNC(=N)N)NC(=O)[C@@H]1CCCN1)[C@@H](C)O)C(=O)N[C@@H](CC(C)C)C(=O)N[C@@H](CC(=O)O)C(=O)N[C@@H](CO)C(=O)N[C@H](C(=O)NCC(=O)N[C@@H](CCCNC(=N)N)C(=O)N[C@@H](Cc1ccccc1)C(N)=O)[C@@H](C)CC. The number of carbonyl (C=O) groups is 17. The first-order valence-electron chi connectivity index (χ1n) is 40.3. The van der Waals surface area contributed by atoms with Gasteiger partial charge in [-0.05, 0) is 94.6 Å². The van der Waals surface area contributed by atoms with Crippen molar-refractivity contribution in [3.05, 3.63) is 54.1 Å². The van der Waals surface area contributed by atoms with Gasteiger partial charge in [-0.1, -0.05) is 84.7 Å². The van der Waals surface area contributed by atoms with Crippen molar-refractivity contribution >= 4 is 118 Å². The highest BCUT2D eigenvalue weighted by molar-refractivity contribution is 6.01. The van der Waals surface area contributed by atoms with Crippen LogP contribution in [-0.2, 0) is 94.3 Å². The predicted molar refractivity (Wildman–Crippen MR) is 441 cm³/mol. The van der Waals surface area contributed by atoms with Crippen LogP contribution in [0.2, 0.25) is 0 Å².